The lowest BCUT2D eigenvalue weighted by Gasteiger charge is -2.31. The van der Waals surface area contributed by atoms with Gasteiger partial charge in [-0.2, -0.15) is 0 Å². The van der Waals surface area contributed by atoms with E-state index in [1.54, 1.807) is 59.5 Å². The molecule has 0 radical (unpaired) electrons. The van der Waals surface area contributed by atoms with Gasteiger partial charge in [-0.05, 0) is 24.3 Å². The molecule has 5 nitrogen and oxygen atoms in total. The third-order valence-corrected chi connectivity index (χ3v) is 3.94. The van der Waals surface area contributed by atoms with Crippen LogP contribution in [0.15, 0.2) is 60.7 Å². The van der Waals surface area contributed by atoms with Gasteiger partial charge in [0.2, 0.25) is 0 Å². The molecule has 1 heterocycles. The molecule has 1 aliphatic rings. The molecular formula is C19H17NO4. The monoisotopic (exact) mass is 323 g/mol. The Balaban J connectivity index is 1.69. The minimum absolute atomic E-state index is 0.0884. The molecule has 3 rings (SSSR count). The molecule has 2 aromatic carbocycles. The van der Waals surface area contributed by atoms with Crippen molar-refractivity contribution in [2.75, 3.05) is 13.1 Å². The summed E-state index contributed by atoms with van der Waals surface area (Å²) in [6.45, 7) is 0.428. The molecule has 5 heteroatoms. The molecule has 2 aromatic rings. The molecule has 0 N–H and O–H groups in total. The number of benzene rings is 2. The van der Waals surface area contributed by atoms with E-state index in [9.17, 15) is 14.4 Å². The lowest BCUT2D eigenvalue weighted by Crippen LogP contribution is -2.48. The minimum Gasteiger partial charge on any atom is -0.449 e. The number of Topliss-reactive ketones (excluding diaryl/α,β-unsaturated/α-hetero) is 1. The van der Waals surface area contributed by atoms with Gasteiger partial charge in [0.1, 0.15) is 0 Å². The van der Waals surface area contributed by atoms with Crippen LogP contribution in [0.25, 0.3) is 0 Å². The maximum Gasteiger partial charge on any atom is 0.338 e. The molecule has 0 saturated carbocycles. The second-order valence-electron chi connectivity index (χ2n) is 5.59. The first-order chi connectivity index (χ1) is 11.6. The number of carbonyl (C=O) groups is 3. The Labute approximate surface area is 139 Å². The largest absolute Gasteiger partial charge is 0.449 e. The normalized spacial score (nSPS) is 17.4. The number of likely N-dealkylation sites (tertiary alicyclic amines) is 1. The number of ketones is 1. The first-order valence-electron chi connectivity index (χ1n) is 7.78. The Morgan fingerprint density at radius 2 is 1.50 bits per heavy atom. The van der Waals surface area contributed by atoms with Gasteiger partial charge < -0.3 is 9.64 Å². The van der Waals surface area contributed by atoms with Gasteiger partial charge in [0.25, 0.3) is 5.91 Å². The van der Waals surface area contributed by atoms with E-state index in [-0.39, 0.29) is 24.7 Å². The highest BCUT2D eigenvalue weighted by molar-refractivity contribution is 5.97. The Kier molecular flexibility index (Phi) is 4.70. The summed E-state index contributed by atoms with van der Waals surface area (Å²) in [6.07, 6.45) is -0.732. The van der Waals surface area contributed by atoms with Crippen molar-refractivity contribution in [2.45, 2.75) is 12.5 Å². The molecular weight excluding hydrogens is 306 g/mol. The number of nitrogens with zero attached hydrogens (tertiary/aromatic N) is 1. The maximum atomic E-state index is 12.5. The fraction of sp³-hybridized carbons (Fsp3) is 0.211. The van der Waals surface area contributed by atoms with Gasteiger partial charge in [-0.1, -0.05) is 36.4 Å². The van der Waals surface area contributed by atoms with Gasteiger partial charge in [0.15, 0.2) is 11.9 Å². The Hall–Kier alpha value is -2.95. The zero-order valence-electron chi connectivity index (χ0n) is 13.1. The number of hydrogen-bond acceptors (Lipinski definition) is 4. The molecule has 0 bridgehead atoms. The van der Waals surface area contributed by atoms with Crippen LogP contribution < -0.4 is 0 Å². The van der Waals surface area contributed by atoms with Crippen LogP contribution in [0.2, 0.25) is 0 Å². The molecule has 0 aromatic heterocycles. The smallest absolute Gasteiger partial charge is 0.338 e. The van der Waals surface area contributed by atoms with Gasteiger partial charge in [0.05, 0.1) is 12.1 Å². The topological polar surface area (TPSA) is 63.7 Å². The van der Waals surface area contributed by atoms with Crippen molar-refractivity contribution in [2.24, 2.45) is 0 Å². The van der Waals surface area contributed by atoms with Crippen LogP contribution in [0, 0.1) is 0 Å². The van der Waals surface area contributed by atoms with E-state index in [2.05, 4.69) is 0 Å². The summed E-state index contributed by atoms with van der Waals surface area (Å²) < 4.78 is 5.32. The first-order valence-corrected chi connectivity index (χ1v) is 7.78. The van der Waals surface area contributed by atoms with Crippen molar-refractivity contribution < 1.29 is 19.1 Å². The zero-order valence-corrected chi connectivity index (χ0v) is 13.1. The van der Waals surface area contributed by atoms with Gasteiger partial charge in [0, 0.05) is 18.5 Å². The Morgan fingerprint density at radius 3 is 2.12 bits per heavy atom. The highest BCUT2D eigenvalue weighted by Crippen LogP contribution is 2.15. The maximum absolute atomic E-state index is 12.5. The SMILES string of the molecule is O=C(OC1CN(C(=O)c2ccccc2)CCC1=O)c1ccccc1. The van der Waals surface area contributed by atoms with Crippen LogP contribution >= 0.6 is 0 Å². The number of carbonyl (C=O) groups excluding carboxylic acids is 3. The summed E-state index contributed by atoms with van der Waals surface area (Å²) in [5.74, 6) is -0.872. The van der Waals surface area contributed by atoms with E-state index in [0.29, 0.717) is 17.7 Å². The molecule has 0 aliphatic carbocycles. The van der Waals surface area contributed by atoms with Crippen LogP contribution in [-0.2, 0) is 9.53 Å². The van der Waals surface area contributed by atoms with Crippen LogP contribution in [0.5, 0.6) is 0 Å². The predicted molar refractivity (Wildman–Crippen MR) is 87.6 cm³/mol. The van der Waals surface area contributed by atoms with Crippen LogP contribution in [0.1, 0.15) is 27.1 Å². The van der Waals surface area contributed by atoms with Gasteiger partial charge in [-0.15, -0.1) is 0 Å². The number of rotatable bonds is 3. The summed E-state index contributed by atoms with van der Waals surface area (Å²) in [5, 5.41) is 0. The fourth-order valence-corrected chi connectivity index (χ4v) is 2.62. The molecule has 0 spiro atoms. The van der Waals surface area contributed by atoms with Crippen molar-refractivity contribution in [3.63, 3.8) is 0 Å². The summed E-state index contributed by atoms with van der Waals surface area (Å²) in [6, 6.07) is 17.4. The number of ether oxygens (including phenoxy) is 1. The van der Waals surface area contributed by atoms with Crippen molar-refractivity contribution in [3.8, 4) is 0 Å². The first kappa shape index (κ1) is 15.9. The number of piperidine rings is 1. The molecule has 24 heavy (non-hydrogen) atoms. The third kappa shape index (κ3) is 3.51. The third-order valence-electron chi connectivity index (χ3n) is 3.94. The van der Waals surface area contributed by atoms with Gasteiger partial charge >= 0.3 is 5.97 Å². The molecule has 122 valence electrons. The average molecular weight is 323 g/mol. The van der Waals surface area contributed by atoms with Crippen molar-refractivity contribution in [1.82, 2.24) is 4.90 Å². The van der Waals surface area contributed by atoms with E-state index < -0.39 is 12.1 Å². The highest BCUT2D eigenvalue weighted by Gasteiger charge is 2.33. The molecule has 1 amide bonds. The van der Waals surface area contributed by atoms with Crippen LogP contribution in [-0.4, -0.2) is 41.8 Å². The second kappa shape index (κ2) is 7.08. The van der Waals surface area contributed by atoms with Crippen LogP contribution in [0.4, 0.5) is 0 Å². The van der Waals surface area contributed by atoms with E-state index in [1.165, 1.54) is 0 Å². The van der Waals surface area contributed by atoms with E-state index in [4.69, 9.17) is 4.74 Å². The van der Waals surface area contributed by atoms with Crippen molar-refractivity contribution >= 4 is 17.7 Å². The zero-order chi connectivity index (χ0) is 16.9. The molecule has 1 unspecified atom stereocenters. The molecule has 1 aliphatic heterocycles. The average Bonchev–Trinajstić information content (AvgIpc) is 2.64. The van der Waals surface area contributed by atoms with E-state index >= 15 is 0 Å². The van der Waals surface area contributed by atoms with Crippen molar-refractivity contribution in [3.05, 3.63) is 71.8 Å². The Bertz CT molecular complexity index is 742. The number of amides is 1. The fourth-order valence-electron chi connectivity index (χ4n) is 2.62. The minimum atomic E-state index is -0.917. The summed E-state index contributed by atoms with van der Waals surface area (Å²) in [7, 11) is 0. The number of hydrogen-bond donors (Lipinski definition) is 0. The van der Waals surface area contributed by atoms with Gasteiger partial charge in [-0.25, -0.2) is 4.79 Å². The Morgan fingerprint density at radius 1 is 0.917 bits per heavy atom. The predicted octanol–water partition coefficient (Wildman–Crippen LogP) is 2.33. The lowest BCUT2D eigenvalue weighted by atomic mass is 10.0. The standard InChI is InChI=1S/C19H17NO4/c21-16-11-12-20(18(22)14-7-3-1-4-8-14)13-17(16)24-19(23)15-9-5-2-6-10-15/h1-10,17H,11-13H2. The highest BCUT2D eigenvalue weighted by atomic mass is 16.5. The quantitative estimate of drug-likeness (QED) is 0.813. The molecule has 1 fully saturated rings. The van der Waals surface area contributed by atoms with E-state index in [0.717, 1.165) is 0 Å². The van der Waals surface area contributed by atoms with Gasteiger partial charge in [-0.3, -0.25) is 9.59 Å². The van der Waals surface area contributed by atoms with E-state index in [1.807, 2.05) is 6.07 Å². The molecule has 1 saturated heterocycles. The summed E-state index contributed by atoms with van der Waals surface area (Å²) in [5.41, 5.74) is 0.941. The summed E-state index contributed by atoms with van der Waals surface area (Å²) >= 11 is 0. The summed E-state index contributed by atoms with van der Waals surface area (Å²) in [4.78, 5) is 38.2. The lowest BCUT2D eigenvalue weighted by molar-refractivity contribution is -0.131. The van der Waals surface area contributed by atoms with Crippen molar-refractivity contribution in [1.29, 1.82) is 0 Å². The van der Waals surface area contributed by atoms with Crippen LogP contribution in [0.3, 0.4) is 0 Å². The molecule has 1 atom stereocenters. The number of esters is 1. The second-order valence-corrected chi connectivity index (χ2v) is 5.59.